The summed E-state index contributed by atoms with van der Waals surface area (Å²) in [4.78, 5) is 4.12. The molecule has 5 heteroatoms. The highest BCUT2D eigenvalue weighted by Crippen LogP contribution is 2.05. The lowest BCUT2D eigenvalue weighted by molar-refractivity contribution is 0.152. The van der Waals surface area contributed by atoms with Crippen LogP contribution in [-0.4, -0.2) is 39.3 Å². The van der Waals surface area contributed by atoms with Crippen molar-refractivity contribution >= 4 is 5.96 Å². The molecule has 0 atom stereocenters. The van der Waals surface area contributed by atoms with Crippen LogP contribution in [0.2, 0.25) is 0 Å². The highest BCUT2D eigenvalue weighted by molar-refractivity contribution is 5.79. The van der Waals surface area contributed by atoms with Crippen LogP contribution in [-0.2, 0) is 11.2 Å². The lowest BCUT2D eigenvalue weighted by Crippen LogP contribution is -2.39. The molecule has 0 aliphatic heterocycles. The average molecular weight is 281 g/mol. The number of nitrogens with one attached hydrogen (secondary N) is 2. The summed E-state index contributed by atoms with van der Waals surface area (Å²) in [6.45, 7) is 4.89. The third-order valence-corrected chi connectivity index (χ3v) is 2.79. The lowest BCUT2D eigenvalue weighted by atomic mass is 10.1. The SMILES string of the molecule is CCOCCNC(=NC)NCCCc1cccc(F)c1. The van der Waals surface area contributed by atoms with Gasteiger partial charge in [-0.3, -0.25) is 4.99 Å². The first-order chi connectivity index (χ1) is 9.76. The van der Waals surface area contributed by atoms with Crippen molar-refractivity contribution in [2.45, 2.75) is 19.8 Å². The van der Waals surface area contributed by atoms with Gasteiger partial charge in [0.15, 0.2) is 5.96 Å². The summed E-state index contributed by atoms with van der Waals surface area (Å²) in [5.41, 5.74) is 1.02. The average Bonchev–Trinajstić information content (AvgIpc) is 2.46. The fourth-order valence-electron chi connectivity index (χ4n) is 1.80. The first-order valence-electron chi connectivity index (χ1n) is 7.03. The molecule has 0 spiro atoms. The topological polar surface area (TPSA) is 45.6 Å². The van der Waals surface area contributed by atoms with Gasteiger partial charge in [-0.2, -0.15) is 0 Å². The van der Waals surface area contributed by atoms with Gasteiger partial charge in [0.2, 0.25) is 0 Å². The Balaban J connectivity index is 2.15. The smallest absolute Gasteiger partial charge is 0.191 e. The quantitative estimate of drug-likeness (QED) is 0.435. The van der Waals surface area contributed by atoms with Gasteiger partial charge in [0.25, 0.3) is 0 Å². The van der Waals surface area contributed by atoms with Crippen molar-refractivity contribution in [3.05, 3.63) is 35.6 Å². The Kier molecular flexibility index (Phi) is 8.38. The van der Waals surface area contributed by atoms with Crippen LogP contribution in [0.15, 0.2) is 29.3 Å². The highest BCUT2D eigenvalue weighted by atomic mass is 19.1. The van der Waals surface area contributed by atoms with E-state index >= 15 is 0 Å². The van der Waals surface area contributed by atoms with Crippen LogP contribution >= 0.6 is 0 Å². The lowest BCUT2D eigenvalue weighted by Gasteiger charge is -2.11. The van der Waals surface area contributed by atoms with E-state index in [2.05, 4.69) is 15.6 Å². The Morgan fingerprint density at radius 3 is 2.80 bits per heavy atom. The molecule has 0 aliphatic rings. The largest absolute Gasteiger partial charge is 0.380 e. The Morgan fingerprint density at radius 1 is 1.30 bits per heavy atom. The third kappa shape index (κ3) is 7.09. The maximum Gasteiger partial charge on any atom is 0.191 e. The molecule has 2 N–H and O–H groups in total. The summed E-state index contributed by atoms with van der Waals surface area (Å²) in [5.74, 6) is 0.591. The van der Waals surface area contributed by atoms with Crippen molar-refractivity contribution in [3.63, 3.8) is 0 Å². The van der Waals surface area contributed by atoms with Gasteiger partial charge in [-0.1, -0.05) is 12.1 Å². The molecule has 112 valence electrons. The number of aliphatic imine (C=N–C) groups is 1. The number of halogens is 1. The van der Waals surface area contributed by atoms with Crippen molar-refractivity contribution in [3.8, 4) is 0 Å². The summed E-state index contributed by atoms with van der Waals surface area (Å²) >= 11 is 0. The van der Waals surface area contributed by atoms with Gasteiger partial charge in [0, 0.05) is 26.7 Å². The highest BCUT2D eigenvalue weighted by Gasteiger charge is 1.98. The van der Waals surface area contributed by atoms with E-state index in [1.165, 1.54) is 6.07 Å². The maximum absolute atomic E-state index is 13.0. The first kappa shape index (κ1) is 16.4. The van der Waals surface area contributed by atoms with E-state index < -0.39 is 0 Å². The molecule has 0 heterocycles. The Morgan fingerprint density at radius 2 is 2.10 bits per heavy atom. The Bertz CT molecular complexity index is 410. The van der Waals surface area contributed by atoms with Crippen LogP contribution in [0.4, 0.5) is 4.39 Å². The molecule has 0 saturated carbocycles. The summed E-state index contributed by atoms with van der Waals surface area (Å²) < 4.78 is 18.2. The Labute approximate surface area is 120 Å². The normalized spacial score (nSPS) is 11.4. The monoisotopic (exact) mass is 281 g/mol. The molecule has 4 nitrogen and oxygen atoms in total. The van der Waals surface area contributed by atoms with E-state index in [0.29, 0.717) is 6.61 Å². The van der Waals surface area contributed by atoms with Crippen LogP contribution in [0.1, 0.15) is 18.9 Å². The van der Waals surface area contributed by atoms with E-state index in [1.54, 1.807) is 19.2 Å². The zero-order valence-electron chi connectivity index (χ0n) is 12.3. The van der Waals surface area contributed by atoms with Gasteiger partial charge in [-0.25, -0.2) is 4.39 Å². The molecule has 1 rings (SSSR count). The minimum Gasteiger partial charge on any atom is -0.380 e. The summed E-state index contributed by atoms with van der Waals surface area (Å²) in [7, 11) is 1.74. The van der Waals surface area contributed by atoms with Crippen LogP contribution < -0.4 is 10.6 Å². The minimum atomic E-state index is -0.177. The third-order valence-electron chi connectivity index (χ3n) is 2.79. The van der Waals surface area contributed by atoms with Gasteiger partial charge < -0.3 is 15.4 Å². The molecule has 0 saturated heterocycles. The summed E-state index contributed by atoms with van der Waals surface area (Å²) in [6, 6.07) is 6.73. The van der Waals surface area contributed by atoms with Gasteiger partial charge in [-0.15, -0.1) is 0 Å². The molecule has 1 aromatic rings. The second-order valence-corrected chi connectivity index (χ2v) is 4.36. The zero-order valence-corrected chi connectivity index (χ0v) is 12.3. The molecule has 0 radical (unpaired) electrons. The fraction of sp³-hybridized carbons (Fsp3) is 0.533. The van der Waals surface area contributed by atoms with E-state index in [4.69, 9.17) is 4.74 Å². The number of hydrogen-bond acceptors (Lipinski definition) is 2. The van der Waals surface area contributed by atoms with E-state index in [1.807, 2.05) is 13.0 Å². The van der Waals surface area contributed by atoms with Crippen molar-refractivity contribution in [1.82, 2.24) is 10.6 Å². The molecule has 0 aromatic heterocycles. The van der Waals surface area contributed by atoms with E-state index in [9.17, 15) is 4.39 Å². The van der Waals surface area contributed by atoms with Crippen molar-refractivity contribution in [2.75, 3.05) is 33.4 Å². The van der Waals surface area contributed by atoms with Crippen LogP contribution in [0.3, 0.4) is 0 Å². The molecule has 0 amide bonds. The van der Waals surface area contributed by atoms with Gasteiger partial charge in [0.1, 0.15) is 5.82 Å². The van der Waals surface area contributed by atoms with E-state index in [-0.39, 0.29) is 5.82 Å². The number of ether oxygens (including phenoxy) is 1. The number of aryl methyl sites for hydroxylation is 1. The predicted molar refractivity (Wildman–Crippen MR) is 80.6 cm³/mol. The van der Waals surface area contributed by atoms with E-state index in [0.717, 1.165) is 44.1 Å². The minimum absolute atomic E-state index is 0.177. The number of nitrogens with zero attached hydrogens (tertiary/aromatic N) is 1. The van der Waals surface area contributed by atoms with Crippen LogP contribution in [0.5, 0.6) is 0 Å². The maximum atomic E-state index is 13.0. The Hall–Kier alpha value is -1.62. The molecule has 0 aliphatic carbocycles. The molecule has 20 heavy (non-hydrogen) atoms. The molecule has 1 aromatic carbocycles. The molecule has 0 fully saturated rings. The van der Waals surface area contributed by atoms with Crippen molar-refractivity contribution < 1.29 is 9.13 Å². The van der Waals surface area contributed by atoms with Crippen LogP contribution in [0.25, 0.3) is 0 Å². The van der Waals surface area contributed by atoms with Crippen molar-refractivity contribution in [2.24, 2.45) is 4.99 Å². The summed E-state index contributed by atoms with van der Waals surface area (Å²) in [6.07, 6.45) is 1.77. The molecular weight excluding hydrogens is 257 g/mol. The predicted octanol–water partition coefficient (Wildman–Crippen LogP) is 1.96. The molecule has 0 bridgehead atoms. The summed E-state index contributed by atoms with van der Waals surface area (Å²) in [5, 5.41) is 6.39. The zero-order chi connectivity index (χ0) is 14.6. The second-order valence-electron chi connectivity index (χ2n) is 4.36. The number of benzene rings is 1. The molecule has 0 unspecified atom stereocenters. The van der Waals surface area contributed by atoms with Gasteiger partial charge in [-0.05, 0) is 37.5 Å². The van der Waals surface area contributed by atoms with Crippen LogP contribution in [0, 0.1) is 5.82 Å². The van der Waals surface area contributed by atoms with Gasteiger partial charge >= 0.3 is 0 Å². The van der Waals surface area contributed by atoms with Gasteiger partial charge in [0.05, 0.1) is 6.61 Å². The number of guanidine groups is 1. The second kappa shape index (κ2) is 10.2. The number of hydrogen-bond donors (Lipinski definition) is 2. The number of rotatable bonds is 8. The van der Waals surface area contributed by atoms with Crippen molar-refractivity contribution in [1.29, 1.82) is 0 Å². The standard InChI is InChI=1S/C15H24FN3O/c1-3-20-11-10-19-15(17-2)18-9-5-7-13-6-4-8-14(16)12-13/h4,6,8,12H,3,5,7,9-11H2,1-2H3,(H2,17,18,19). The first-order valence-corrected chi connectivity index (χ1v) is 7.03. The molecular formula is C15H24FN3O. The fourth-order valence-corrected chi connectivity index (χ4v) is 1.80.